The van der Waals surface area contributed by atoms with E-state index in [1.807, 2.05) is 48.5 Å². The number of halogens is 1. The molecule has 2 aromatic rings. The van der Waals surface area contributed by atoms with Crippen LogP contribution in [0.5, 0.6) is 5.75 Å². The van der Waals surface area contributed by atoms with Gasteiger partial charge in [-0.05, 0) is 36.6 Å². The maximum atomic E-state index is 12.2. The van der Waals surface area contributed by atoms with Crippen LogP contribution in [-0.2, 0) is 11.4 Å². The van der Waals surface area contributed by atoms with Gasteiger partial charge in [-0.15, -0.1) is 0 Å². The molecule has 4 nitrogen and oxygen atoms in total. The van der Waals surface area contributed by atoms with Crippen molar-refractivity contribution in [3.8, 4) is 5.75 Å². The highest BCUT2D eigenvalue weighted by Gasteiger charge is 2.20. The van der Waals surface area contributed by atoms with Gasteiger partial charge in [0.05, 0.1) is 6.21 Å². The molecule has 0 spiro atoms. The molecule has 5 heteroatoms. The van der Waals surface area contributed by atoms with Crippen molar-refractivity contribution in [3.63, 3.8) is 0 Å². The summed E-state index contributed by atoms with van der Waals surface area (Å²) in [7, 11) is 0. The second-order valence-corrected chi connectivity index (χ2v) is 7.44. The lowest BCUT2D eigenvalue weighted by atomic mass is 9.89. The fraction of sp³-hybridized carbons (Fsp3) is 0.333. The third-order valence-electron chi connectivity index (χ3n) is 4.56. The number of rotatable bonds is 6. The third kappa shape index (κ3) is 5.43. The average Bonchev–Trinajstić information content (AvgIpc) is 2.69. The van der Waals surface area contributed by atoms with Crippen molar-refractivity contribution in [2.24, 2.45) is 11.0 Å². The molecule has 1 aliphatic rings. The molecule has 0 radical (unpaired) electrons. The van der Waals surface area contributed by atoms with E-state index in [9.17, 15) is 4.79 Å². The average molecular weight is 415 g/mol. The van der Waals surface area contributed by atoms with Gasteiger partial charge in [0.1, 0.15) is 12.4 Å². The molecule has 26 heavy (non-hydrogen) atoms. The first-order valence-electron chi connectivity index (χ1n) is 9.01. The molecule has 1 saturated carbocycles. The van der Waals surface area contributed by atoms with Crippen LogP contribution in [0.15, 0.2) is 58.1 Å². The number of carbonyl (C=O) groups excluding carboxylic acids is 1. The maximum Gasteiger partial charge on any atom is 0.243 e. The van der Waals surface area contributed by atoms with Gasteiger partial charge in [-0.25, -0.2) is 5.43 Å². The first-order chi connectivity index (χ1) is 12.7. The number of amides is 1. The van der Waals surface area contributed by atoms with Crippen molar-refractivity contribution in [2.45, 2.75) is 38.7 Å². The Morgan fingerprint density at radius 3 is 2.69 bits per heavy atom. The number of carbonyl (C=O) groups is 1. The topological polar surface area (TPSA) is 50.7 Å². The fourth-order valence-corrected chi connectivity index (χ4v) is 3.49. The van der Waals surface area contributed by atoms with Crippen molar-refractivity contribution in [3.05, 3.63) is 64.1 Å². The zero-order valence-corrected chi connectivity index (χ0v) is 16.2. The monoisotopic (exact) mass is 414 g/mol. The van der Waals surface area contributed by atoms with E-state index in [4.69, 9.17) is 4.74 Å². The smallest absolute Gasteiger partial charge is 0.243 e. The summed E-state index contributed by atoms with van der Waals surface area (Å²) in [5, 5.41) is 4.15. The second kappa shape index (κ2) is 9.53. The van der Waals surface area contributed by atoms with Gasteiger partial charge in [0, 0.05) is 16.0 Å². The van der Waals surface area contributed by atoms with Crippen molar-refractivity contribution in [1.29, 1.82) is 0 Å². The molecule has 0 atom stereocenters. The van der Waals surface area contributed by atoms with Crippen LogP contribution in [0, 0.1) is 5.92 Å². The van der Waals surface area contributed by atoms with Gasteiger partial charge in [0.25, 0.3) is 0 Å². The summed E-state index contributed by atoms with van der Waals surface area (Å²) in [6.45, 7) is 0.484. The van der Waals surface area contributed by atoms with E-state index >= 15 is 0 Å². The van der Waals surface area contributed by atoms with Crippen molar-refractivity contribution < 1.29 is 9.53 Å². The molecule has 1 amide bonds. The molecule has 2 aromatic carbocycles. The minimum Gasteiger partial charge on any atom is -0.488 e. The zero-order chi connectivity index (χ0) is 18.2. The summed E-state index contributed by atoms with van der Waals surface area (Å²) in [5.74, 6) is 0.840. The number of ether oxygens (including phenoxy) is 1. The molecule has 1 fully saturated rings. The zero-order valence-electron chi connectivity index (χ0n) is 14.7. The normalized spacial score (nSPS) is 15.1. The van der Waals surface area contributed by atoms with Gasteiger partial charge in [0.2, 0.25) is 5.91 Å². The van der Waals surface area contributed by atoms with Gasteiger partial charge in [0.15, 0.2) is 0 Å². The second-order valence-electron chi connectivity index (χ2n) is 6.53. The molecular formula is C21H23BrN2O2. The van der Waals surface area contributed by atoms with Crippen LogP contribution in [0.25, 0.3) is 0 Å². The van der Waals surface area contributed by atoms with E-state index in [0.717, 1.165) is 47.0 Å². The maximum absolute atomic E-state index is 12.2. The number of hydrazone groups is 1. The molecule has 0 bridgehead atoms. The van der Waals surface area contributed by atoms with Gasteiger partial charge in [-0.3, -0.25) is 4.79 Å². The molecule has 1 N–H and O–H groups in total. The lowest BCUT2D eigenvalue weighted by Crippen LogP contribution is -2.28. The van der Waals surface area contributed by atoms with Crippen LogP contribution in [-0.4, -0.2) is 12.1 Å². The molecule has 0 aliphatic heterocycles. The van der Waals surface area contributed by atoms with Crippen LogP contribution < -0.4 is 10.2 Å². The van der Waals surface area contributed by atoms with E-state index < -0.39 is 0 Å². The quantitative estimate of drug-likeness (QED) is 0.530. The minimum atomic E-state index is 0.0164. The molecular weight excluding hydrogens is 392 g/mol. The van der Waals surface area contributed by atoms with Gasteiger partial charge >= 0.3 is 0 Å². The molecule has 0 unspecified atom stereocenters. The minimum absolute atomic E-state index is 0.0164. The predicted octanol–water partition coefficient (Wildman–Crippen LogP) is 5.06. The van der Waals surface area contributed by atoms with E-state index in [2.05, 4.69) is 26.5 Å². The highest BCUT2D eigenvalue weighted by atomic mass is 79.9. The van der Waals surface area contributed by atoms with E-state index in [-0.39, 0.29) is 11.8 Å². The Kier molecular flexibility index (Phi) is 6.83. The molecule has 1 aliphatic carbocycles. The first-order valence-corrected chi connectivity index (χ1v) is 9.81. The van der Waals surface area contributed by atoms with Crippen molar-refractivity contribution in [2.75, 3.05) is 0 Å². The highest BCUT2D eigenvalue weighted by molar-refractivity contribution is 9.10. The SMILES string of the molecule is O=C(N/N=C/c1cc(Br)ccc1OCc1ccccc1)C1CCCCC1. The van der Waals surface area contributed by atoms with Gasteiger partial charge in [-0.1, -0.05) is 65.5 Å². The van der Waals surface area contributed by atoms with Gasteiger partial charge in [-0.2, -0.15) is 5.10 Å². The van der Waals surface area contributed by atoms with Crippen molar-refractivity contribution in [1.82, 2.24) is 5.43 Å². The van der Waals surface area contributed by atoms with E-state index in [1.165, 1.54) is 6.42 Å². The van der Waals surface area contributed by atoms with Crippen LogP contribution in [0.1, 0.15) is 43.2 Å². The number of nitrogens with zero attached hydrogens (tertiary/aromatic N) is 1. The summed E-state index contributed by atoms with van der Waals surface area (Å²) in [6.07, 6.45) is 7.06. The molecule has 0 aromatic heterocycles. The van der Waals surface area contributed by atoms with Crippen LogP contribution >= 0.6 is 15.9 Å². The van der Waals surface area contributed by atoms with Crippen molar-refractivity contribution >= 4 is 28.1 Å². The molecule has 3 rings (SSSR count). The number of nitrogens with one attached hydrogen (secondary N) is 1. The summed E-state index contributed by atoms with van der Waals surface area (Å²) in [4.78, 5) is 12.2. The largest absolute Gasteiger partial charge is 0.488 e. The summed E-state index contributed by atoms with van der Waals surface area (Å²) < 4.78 is 6.86. The Bertz CT molecular complexity index is 756. The first kappa shape index (κ1) is 18.6. The lowest BCUT2D eigenvalue weighted by Gasteiger charge is -2.19. The fourth-order valence-electron chi connectivity index (χ4n) is 3.11. The Hall–Kier alpha value is -2.14. The van der Waals surface area contributed by atoms with E-state index in [0.29, 0.717) is 6.61 Å². The van der Waals surface area contributed by atoms with Crippen LogP contribution in [0.2, 0.25) is 0 Å². The standard InChI is InChI=1S/C21H23BrN2O2/c22-19-11-12-20(26-15-16-7-3-1-4-8-16)18(13-19)14-23-24-21(25)17-9-5-2-6-10-17/h1,3-4,7-8,11-14,17H,2,5-6,9-10,15H2,(H,24,25)/b23-14+. The third-order valence-corrected chi connectivity index (χ3v) is 5.06. The Labute approximate surface area is 162 Å². The predicted molar refractivity (Wildman–Crippen MR) is 107 cm³/mol. The Morgan fingerprint density at radius 1 is 1.15 bits per heavy atom. The number of hydrogen-bond acceptors (Lipinski definition) is 3. The Morgan fingerprint density at radius 2 is 1.92 bits per heavy atom. The molecule has 0 saturated heterocycles. The number of hydrogen-bond donors (Lipinski definition) is 1. The van der Waals surface area contributed by atoms with Crippen LogP contribution in [0.4, 0.5) is 0 Å². The summed E-state index contributed by atoms with van der Waals surface area (Å²) in [5.41, 5.74) is 4.60. The molecule has 0 heterocycles. The number of benzene rings is 2. The van der Waals surface area contributed by atoms with Crippen LogP contribution in [0.3, 0.4) is 0 Å². The lowest BCUT2D eigenvalue weighted by molar-refractivity contribution is -0.125. The highest BCUT2D eigenvalue weighted by Crippen LogP contribution is 2.24. The van der Waals surface area contributed by atoms with Gasteiger partial charge < -0.3 is 4.74 Å². The summed E-state index contributed by atoms with van der Waals surface area (Å²) in [6, 6.07) is 15.8. The Balaban J connectivity index is 1.62. The molecule has 136 valence electrons. The summed E-state index contributed by atoms with van der Waals surface area (Å²) >= 11 is 3.47. The van der Waals surface area contributed by atoms with E-state index in [1.54, 1.807) is 6.21 Å².